The largest absolute Gasteiger partial charge is 0.397 e. The van der Waals surface area contributed by atoms with Crippen molar-refractivity contribution in [3.05, 3.63) is 59.9 Å². The smallest absolute Gasteiger partial charge is 0.0501 e. The van der Waals surface area contributed by atoms with E-state index < -0.39 is 0 Å². The molecule has 1 aromatic carbocycles. The molecule has 0 amide bonds. The molecule has 0 saturated carbocycles. The van der Waals surface area contributed by atoms with Crippen molar-refractivity contribution in [3.8, 4) is 0 Å². The SMILES string of the molecule is Nc1ccc(CCNCc2ccccc2)nc1. The van der Waals surface area contributed by atoms with Crippen LogP contribution in [0.1, 0.15) is 11.3 Å². The third-order valence-electron chi connectivity index (χ3n) is 2.58. The first kappa shape index (κ1) is 11.6. The molecule has 17 heavy (non-hydrogen) atoms. The van der Waals surface area contributed by atoms with Crippen LogP contribution >= 0.6 is 0 Å². The molecular weight excluding hydrogens is 210 g/mol. The first-order chi connectivity index (χ1) is 8.34. The molecule has 3 N–H and O–H groups in total. The van der Waals surface area contributed by atoms with Gasteiger partial charge in [-0.2, -0.15) is 0 Å². The zero-order chi connectivity index (χ0) is 11.9. The number of hydrogen-bond donors (Lipinski definition) is 2. The van der Waals surface area contributed by atoms with E-state index in [4.69, 9.17) is 5.73 Å². The number of hydrogen-bond acceptors (Lipinski definition) is 3. The van der Waals surface area contributed by atoms with Gasteiger partial charge in [0.25, 0.3) is 0 Å². The lowest BCUT2D eigenvalue weighted by atomic mass is 10.2. The molecule has 0 unspecified atom stereocenters. The van der Waals surface area contributed by atoms with Crippen molar-refractivity contribution in [2.75, 3.05) is 12.3 Å². The standard InChI is InChI=1S/C14H17N3/c15-13-6-7-14(17-11-13)8-9-16-10-12-4-2-1-3-5-12/h1-7,11,16H,8-10,15H2. The maximum Gasteiger partial charge on any atom is 0.0501 e. The van der Waals surface area contributed by atoms with Crippen LogP contribution in [0.2, 0.25) is 0 Å². The summed E-state index contributed by atoms with van der Waals surface area (Å²) in [5.74, 6) is 0. The van der Waals surface area contributed by atoms with Gasteiger partial charge in [0.2, 0.25) is 0 Å². The van der Waals surface area contributed by atoms with Gasteiger partial charge in [-0.3, -0.25) is 4.98 Å². The molecule has 1 aromatic heterocycles. The summed E-state index contributed by atoms with van der Waals surface area (Å²) in [6.07, 6.45) is 2.62. The first-order valence-electron chi connectivity index (χ1n) is 5.79. The molecule has 0 fully saturated rings. The number of pyridine rings is 1. The minimum atomic E-state index is 0.714. The number of benzene rings is 1. The van der Waals surface area contributed by atoms with Gasteiger partial charge in [0.1, 0.15) is 0 Å². The van der Waals surface area contributed by atoms with Crippen molar-refractivity contribution < 1.29 is 0 Å². The molecule has 0 aliphatic rings. The minimum absolute atomic E-state index is 0.714. The Hall–Kier alpha value is -1.87. The second kappa shape index (κ2) is 6.01. The minimum Gasteiger partial charge on any atom is -0.397 e. The molecule has 0 bridgehead atoms. The van der Waals surface area contributed by atoms with Gasteiger partial charge in [0, 0.05) is 25.2 Å². The van der Waals surface area contributed by atoms with Crippen LogP contribution in [0.25, 0.3) is 0 Å². The predicted molar refractivity (Wildman–Crippen MR) is 70.5 cm³/mol. The molecule has 3 heteroatoms. The van der Waals surface area contributed by atoms with Gasteiger partial charge < -0.3 is 11.1 Å². The second-order valence-electron chi connectivity index (χ2n) is 4.00. The van der Waals surface area contributed by atoms with Crippen LogP contribution in [-0.2, 0) is 13.0 Å². The summed E-state index contributed by atoms with van der Waals surface area (Å²) < 4.78 is 0. The van der Waals surface area contributed by atoms with Gasteiger partial charge in [-0.15, -0.1) is 0 Å². The van der Waals surface area contributed by atoms with Crippen LogP contribution < -0.4 is 11.1 Å². The third kappa shape index (κ3) is 3.89. The van der Waals surface area contributed by atoms with E-state index in [1.165, 1.54) is 5.56 Å². The molecule has 2 rings (SSSR count). The zero-order valence-electron chi connectivity index (χ0n) is 9.76. The summed E-state index contributed by atoms with van der Waals surface area (Å²) in [6, 6.07) is 14.2. The van der Waals surface area contributed by atoms with Crippen molar-refractivity contribution >= 4 is 5.69 Å². The summed E-state index contributed by atoms with van der Waals surface area (Å²) in [5.41, 5.74) is 8.67. The van der Waals surface area contributed by atoms with E-state index in [2.05, 4.69) is 34.6 Å². The fourth-order valence-corrected chi connectivity index (χ4v) is 1.63. The molecule has 0 aliphatic carbocycles. The topological polar surface area (TPSA) is 50.9 Å². The number of nitrogens with one attached hydrogen (secondary N) is 1. The number of nitrogen functional groups attached to an aromatic ring is 1. The van der Waals surface area contributed by atoms with Crippen LogP contribution in [-0.4, -0.2) is 11.5 Å². The van der Waals surface area contributed by atoms with Crippen LogP contribution in [0, 0.1) is 0 Å². The van der Waals surface area contributed by atoms with E-state index in [-0.39, 0.29) is 0 Å². The maximum absolute atomic E-state index is 5.58. The van der Waals surface area contributed by atoms with Crippen molar-refractivity contribution in [1.82, 2.24) is 10.3 Å². The van der Waals surface area contributed by atoms with E-state index in [0.29, 0.717) is 5.69 Å². The lowest BCUT2D eigenvalue weighted by molar-refractivity contribution is 0.680. The number of anilines is 1. The summed E-state index contributed by atoms with van der Waals surface area (Å²) in [5, 5.41) is 3.39. The number of nitrogens with two attached hydrogens (primary N) is 1. The van der Waals surface area contributed by atoms with Gasteiger partial charge in [-0.05, 0) is 17.7 Å². The van der Waals surface area contributed by atoms with Gasteiger partial charge in [-0.1, -0.05) is 30.3 Å². The maximum atomic E-state index is 5.58. The Morgan fingerprint density at radius 3 is 2.59 bits per heavy atom. The zero-order valence-corrected chi connectivity index (χ0v) is 9.76. The summed E-state index contributed by atoms with van der Waals surface area (Å²) in [4.78, 5) is 4.26. The Kier molecular flexibility index (Phi) is 4.11. The number of nitrogens with zero attached hydrogens (tertiary/aromatic N) is 1. The number of rotatable bonds is 5. The molecule has 0 atom stereocenters. The first-order valence-corrected chi connectivity index (χ1v) is 5.79. The molecule has 88 valence electrons. The van der Waals surface area contributed by atoms with Crippen molar-refractivity contribution in [3.63, 3.8) is 0 Å². The fourth-order valence-electron chi connectivity index (χ4n) is 1.63. The monoisotopic (exact) mass is 227 g/mol. The van der Waals surface area contributed by atoms with Crippen molar-refractivity contribution in [2.24, 2.45) is 0 Å². The molecular formula is C14H17N3. The van der Waals surface area contributed by atoms with Crippen LogP contribution in [0.5, 0.6) is 0 Å². The molecule has 1 heterocycles. The van der Waals surface area contributed by atoms with E-state index in [1.54, 1.807) is 6.20 Å². The fraction of sp³-hybridized carbons (Fsp3) is 0.214. The van der Waals surface area contributed by atoms with E-state index in [9.17, 15) is 0 Å². The van der Waals surface area contributed by atoms with Crippen molar-refractivity contribution in [2.45, 2.75) is 13.0 Å². The van der Waals surface area contributed by atoms with Crippen LogP contribution in [0.4, 0.5) is 5.69 Å². The average molecular weight is 227 g/mol. The lowest BCUT2D eigenvalue weighted by Gasteiger charge is -2.04. The Morgan fingerprint density at radius 2 is 1.88 bits per heavy atom. The van der Waals surface area contributed by atoms with E-state index in [1.807, 2.05) is 18.2 Å². The highest BCUT2D eigenvalue weighted by atomic mass is 14.9. The summed E-state index contributed by atoms with van der Waals surface area (Å²) >= 11 is 0. The predicted octanol–water partition coefficient (Wildman–Crippen LogP) is 2.00. The molecule has 0 aliphatic heterocycles. The van der Waals surface area contributed by atoms with Crippen molar-refractivity contribution in [1.29, 1.82) is 0 Å². The third-order valence-corrected chi connectivity index (χ3v) is 2.58. The van der Waals surface area contributed by atoms with E-state index >= 15 is 0 Å². The Labute approximate surface area is 102 Å². The highest BCUT2D eigenvalue weighted by molar-refractivity contribution is 5.34. The molecule has 3 nitrogen and oxygen atoms in total. The molecule has 2 aromatic rings. The Morgan fingerprint density at radius 1 is 1.06 bits per heavy atom. The van der Waals surface area contributed by atoms with E-state index in [0.717, 1.165) is 25.2 Å². The molecule has 0 radical (unpaired) electrons. The average Bonchev–Trinajstić information content (AvgIpc) is 2.38. The van der Waals surface area contributed by atoms with Gasteiger partial charge in [-0.25, -0.2) is 0 Å². The number of aromatic nitrogens is 1. The van der Waals surface area contributed by atoms with Gasteiger partial charge in [0.05, 0.1) is 11.9 Å². The highest BCUT2D eigenvalue weighted by Crippen LogP contribution is 2.01. The van der Waals surface area contributed by atoms with Crippen LogP contribution in [0.3, 0.4) is 0 Å². The highest BCUT2D eigenvalue weighted by Gasteiger charge is 1.95. The normalized spacial score (nSPS) is 10.4. The van der Waals surface area contributed by atoms with Gasteiger partial charge >= 0.3 is 0 Å². The quantitative estimate of drug-likeness (QED) is 0.768. The second-order valence-corrected chi connectivity index (χ2v) is 4.00. The summed E-state index contributed by atoms with van der Waals surface area (Å²) in [7, 11) is 0. The summed E-state index contributed by atoms with van der Waals surface area (Å²) in [6.45, 7) is 1.82. The molecule has 0 saturated heterocycles. The lowest BCUT2D eigenvalue weighted by Crippen LogP contribution is -2.17. The molecule has 0 spiro atoms. The Bertz CT molecular complexity index is 437. The van der Waals surface area contributed by atoms with Gasteiger partial charge in [0.15, 0.2) is 0 Å². The van der Waals surface area contributed by atoms with Crippen LogP contribution in [0.15, 0.2) is 48.7 Å². The Balaban J connectivity index is 1.71.